The predicted octanol–water partition coefficient (Wildman–Crippen LogP) is 3.61. The summed E-state index contributed by atoms with van der Waals surface area (Å²) in [5.41, 5.74) is 1.45. The Morgan fingerprint density at radius 3 is 2.58 bits per heavy atom. The number of sulfone groups is 1. The molecule has 0 radical (unpaired) electrons. The van der Waals surface area contributed by atoms with E-state index in [0.717, 1.165) is 49.1 Å². The lowest BCUT2D eigenvalue weighted by molar-refractivity contribution is -0.115. The van der Waals surface area contributed by atoms with Crippen molar-refractivity contribution < 1.29 is 17.6 Å². The lowest BCUT2D eigenvalue weighted by atomic mass is 10.2. The molecule has 0 bridgehead atoms. The van der Waals surface area contributed by atoms with Crippen LogP contribution in [0.25, 0.3) is 11.4 Å². The minimum atomic E-state index is -3.88. The van der Waals surface area contributed by atoms with Crippen LogP contribution >= 0.6 is 0 Å². The second-order valence-electron chi connectivity index (χ2n) is 7.53. The van der Waals surface area contributed by atoms with Crippen molar-refractivity contribution in [2.45, 2.75) is 43.5 Å². The van der Waals surface area contributed by atoms with E-state index in [4.69, 9.17) is 0 Å². The third-order valence-corrected chi connectivity index (χ3v) is 7.05. The Morgan fingerprint density at radius 2 is 1.81 bits per heavy atom. The van der Waals surface area contributed by atoms with Crippen molar-refractivity contribution >= 4 is 21.4 Å². The van der Waals surface area contributed by atoms with Crippen LogP contribution in [0.3, 0.4) is 0 Å². The average molecular weight is 443 g/mol. The molecular weight excluding hydrogens is 419 g/mol. The summed E-state index contributed by atoms with van der Waals surface area (Å²) >= 11 is 0. The van der Waals surface area contributed by atoms with Crippen molar-refractivity contribution in [3.05, 3.63) is 60.2 Å². The molecule has 31 heavy (non-hydrogen) atoms. The first kappa shape index (κ1) is 21.2. The summed E-state index contributed by atoms with van der Waals surface area (Å²) in [6.45, 7) is 0.895. The zero-order valence-corrected chi connectivity index (χ0v) is 17.7. The van der Waals surface area contributed by atoms with Gasteiger partial charge in [0.2, 0.25) is 5.91 Å². The summed E-state index contributed by atoms with van der Waals surface area (Å²) in [5.74, 6) is 0.0737. The van der Waals surface area contributed by atoms with Gasteiger partial charge in [0.1, 0.15) is 16.5 Å². The van der Waals surface area contributed by atoms with E-state index in [1.54, 1.807) is 12.1 Å². The molecule has 0 aliphatic carbocycles. The highest BCUT2D eigenvalue weighted by atomic mass is 32.2. The van der Waals surface area contributed by atoms with Gasteiger partial charge in [0, 0.05) is 30.6 Å². The second-order valence-corrected chi connectivity index (χ2v) is 9.60. The summed E-state index contributed by atoms with van der Waals surface area (Å²) in [4.78, 5) is 11.8. The number of nitrogens with zero attached hydrogens (tertiary/aromatic N) is 3. The molecule has 1 aliphatic heterocycles. The Morgan fingerprint density at radius 1 is 1.03 bits per heavy atom. The smallest absolute Gasteiger partial charge is 0.225 e. The summed E-state index contributed by atoms with van der Waals surface area (Å²) in [6.07, 6.45) is 4.06. The van der Waals surface area contributed by atoms with E-state index in [1.807, 2.05) is 12.1 Å². The summed E-state index contributed by atoms with van der Waals surface area (Å²) in [7, 11) is -3.88. The highest BCUT2D eigenvalue weighted by molar-refractivity contribution is 7.91. The van der Waals surface area contributed by atoms with Crippen LogP contribution in [-0.4, -0.2) is 34.8 Å². The number of hydrogen-bond acceptors (Lipinski definition) is 5. The van der Waals surface area contributed by atoms with Crippen LogP contribution in [0, 0.1) is 5.82 Å². The summed E-state index contributed by atoms with van der Waals surface area (Å²) in [5, 5.41) is 11.3. The Kier molecular flexibility index (Phi) is 6.13. The monoisotopic (exact) mass is 442 g/mol. The Hall–Kier alpha value is -3.07. The lowest BCUT2D eigenvalue weighted by Crippen LogP contribution is -2.18. The second kappa shape index (κ2) is 8.97. The number of anilines is 1. The van der Waals surface area contributed by atoms with Crippen LogP contribution in [0.15, 0.2) is 53.4 Å². The summed E-state index contributed by atoms with van der Waals surface area (Å²) < 4.78 is 40.5. The van der Waals surface area contributed by atoms with Crippen molar-refractivity contribution in [2.24, 2.45) is 0 Å². The molecule has 0 spiro atoms. The minimum Gasteiger partial charge on any atom is -0.326 e. The van der Waals surface area contributed by atoms with Gasteiger partial charge in [-0.2, -0.15) is 0 Å². The van der Waals surface area contributed by atoms with Gasteiger partial charge in [-0.1, -0.05) is 18.6 Å². The Labute approximate surface area is 180 Å². The van der Waals surface area contributed by atoms with Gasteiger partial charge in [-0.25, -0.2) is 12.8 Å². The number of fused-ring (bicyclic) bond motifs is 1. The first-order chi connectivity index (χ1) is 14.9. The number of hydrogen-bond donors (Lipinski definition) is 1. The maximum Gasteiger partial charge on any atom is 0.225 e. The van der Waals surface area contributed by atoms with E-state index >= 15 is 0 Å². The molecule has 7 nitrogen and oxygen atoms in total. The largest absolute Gasteiger partial charge is 0.326 e. The van der Waals surface area contributed by atoms with Gasteiger partial charge in [0.15, 0.2) is 15.7 Å². The molecule has 1 aromatic heterocycles. The maximum atomic E-state index is 13.7. The number of amides is 1. The molecule has 4 rings (SSSR count). The molecule has 0 saturated carbocycles. The van der Waals surface area contributed by atoms with E-state index in [9.17, 15) is 17.6 Å². The maximum absolute atomic E-state index is 13.7. The van der Waals surface area contributed by atoms with Gasteiger partial charge in [0.05, 0.1) is 5.75 Å². The molecule has 2 aromatic carbocycles. The molecule has 1 N–H and O–H groups in total. The first-order valence-electron chi connectivity index (χ1n) is 10.2. The third-order valence-electron chi connectivity index (χ3n) is 5.31. The number of rotatable bonds is 6. The molecule has 0 saturated heterocycles. The van der Waals surface area contributed by atoms with Crippen LogP contribution in [0.2, 0.25) is 0 Å². The van der Waals surface area contributed by atoms with Crippen molar-refractivity contribution in [1.29, 1.82) is 0 Å². The molecule has 1 aliphatic rings. The number of aryl methyl sites for hydroxylation is 1. The third kappa shape index (κ3) is 4.82. The highest BCUT2D eigenvalue weighted by Crippen LogP contribution is 2.24. The van der Waals surface area contributed by atoms with Crippen LogP contribution in [-0.2, 0) is 27.6 Å². The molecule has 162 valence electrons. The number of carbonyl (C=O) groups excluding carboxylic acids is 1. The van der Waals surface area contributed by atoms with Crippen LogP contribution < -0.4 is 5.32 Å². The van der Waals surface area contributed by atoms with Gasteiger partial charge in [-0.05, 0) is 49.2 Å². The fraction of sp³-hybridized carbons (Fsp3) is 0.318. The standard InChI is InChI=1S/C22H23FN4O3S/c23-18-6-3-4-7-19(18)31(29,30)15-13-21(28)24-17-11-9-16(10-12-17)22-26-25-20-8-2-1-5-14-27(20)22/h3-4,6-7,9-12H,1-2,5,8,13-15H2,(H,24,28). The molecule has 0 fully saturated rings. The SMILES string of the molecule is O=C(CCS(=O)(=O)c1ccccc1F)Nc1ccc(-c2nnc3n2CCCCC3)cc1. The first-order valence-corrected chi connectivity index (χ1v) is 11.9. The quantitative estimate of drug-likeness (QED) is 0.629. The zero-order valence-electron chi connectivity index (χ0n) is 16.9. The van der Waals surface area contributed by atoms with E-state index in [1.165, 1.54) is 24.6 Å². The molecule has 0 atom stereocenters. The van der Waals surface area contributed by atoms with Crippen molar-refractivity contribution in [2.75, 3.05) is 11.1 Å². The van der Waals surface area contributed by atoms with E-state index in [-0.39, 0.29) is 11.3 Å². The highest BCUT2D eigenvalue weighted by Gasteiger charge is 2.20. The number of benzene rings is 2. The van der Waals surface area contributed by atoms with Gasteiger partial charge in [-0.15, -0.1) is 10.2 Å². The normalized spacial score (nSPS) is 14.0. The fourth-order valence-electron chi connectivity index (χ4n) is 3.66. The molecular formula is C22H23FN4O3S. The molecule has 1 amide bonds. The van der Waals surface area contributed by atoms with Crippen LogP contribution in [0.1, 0.15) is 31.5 Å². The molecule has 9 heteroatoms. The van der Waals surface area contributed by atoms with Crippen LogP contribution in [0.5, 0.6) is 0 Å². The average Bonchev–Trinajstić information content (AvgIpc) is 3.01. The Balaban J connectivity index is 1.39. The van der Waals surface area contributed by atoms with E-state index < -0.39 is 27.3 Å². The van der Waals surface area contributed by atoms with E-state index in [2.05, 4.69) is 20.1 Å². The number of carbonyl (C=O) groups is 1. The van der Waals surface area contributed by atoms with Gasteiger partial charge in [0.25, 0.3) is 0 Å². The van der Waals surface area contributed by atoms with Crippen molar-refractivity contribution in [3.63, 3.8) is 0 Å². The number of halogens is 1. The van der Waals surface area contributed by atoms with Gasteiger partial charge < -0.3 is 9.88 Å². The zero-order chi connectivity index (χ0) is 21.8. The molecule has 2 heterocycles. The number of nitrogens with one attached hydrogen (secondary N) is 1. The fourth-order valence-corrected chi connectivity index (χ4v) is 4.98. The van der Waals surface area contributed by atoms with Crippen LogP contribution in [0.4, 0.5) is 10.1 Å². The minimum absolute atomic E-state index is 0.268. The Bertz CT molecular complexity index is 1190. The van der Waals surface area contributed by atoms with Crippen molar-refractivity contribution in [3.8, 4) is 11.4 Å². The predicted molar refractivity (Wildman–Crippen MR) is 115 cm³/mol. The number of aromatic nitrogens is 3. The van der Waals surface area contributed by atoms with Crippen molar-refractivity contribution in [1.82, 2.24) is 14.8 Å². The molecule has 0 unspecified atom stereocenters. The van der Waals surface area contributed by atoms with E-state index in [0.29, 0.717) is 5.69 Å². The van der Waals surface area contributed by atoms with Gasteiger partial charge in [-0.3, -0.25) is 4.79 Å². The lowest BCUT2D eigenvalue weighted by Gasteiger charge is -2.09. The summed E-state index contributed by atoms with van der Waals surface area (Å²) in [6, 6.07) is 12.4. The topological polar surface area (TPSA) is 93.9 Å². The molecule has 3 aromatic rings. The van der Waals surface area contributed by atoms with Gasteiger partial charge >= 0.3 is 0 Å².